The average Bonchev–Trinajstić information content (AvgIpc) is 2.75. The standard InChI is InChI=1S/C22H27N3O7/c1-13(32-22(2,3)4)19(21(27)31-6)24-20(26)16-9-7-14(11-17(16)25(28)29)15-8-10-18(30-5)23-12-15/h7-13,19H,1-6H3,(H,24,26)/t13?,19-/m0/s1. The summed E-state index contributed by atoms with van der Waals surface area (Å²) in [6.07, 6.45) is 0.770. The van der Waals surface area contributed by atoms with Gasteiger partial charge in [-0.3, -0.25) is 14.9 Å². The Morgan fingerprint density at radius 2 is 1.78 bits per heavy atom. The molecule has 10 heteroatoms. The first-order valence-corrected chi connectivity index (χ1v) is 9.82. The van der Waals surface area contributed by atoms with Crippen LogP contribution in [-0.2, 0) is 14.3 Å². The van der Waals surface area contributed by atoms with Crippen molar-refractivity contribution in [3.05, 3.63) is 52.2 Å². The second kappa shape index (κ2) is 10.2. The molecule has 0 bridgehead atoms. The molecule has 1 heterocycles. The molecule has 0 aliphatic rings. The normalized spacial score (nSPS) is 13.1. The van der Waals surface area contributed by atoms with Crippen molar-refractivity contribution in [2.75, 3.05) is 14.2 Å². The van der Waals surface area contributed by atoms with Gasteiger partial charge in [0.2, 0.25) is 5.88 Å². The van der Waals surface area contributed by atoms with Crippen LogP contribution in [0.5, 0.6) is 5.88 Å². The van der Waals surface area contributed by atoms with Gasteiger partial charge in [-0.05, 0) is 45.4 Å². The number of ether oxygens (including phenoxy) is 3. The lowest BCUT2D eigenvalue weighted by molar-refractivity contribution is -0.385. The fraction of sp³-hybridized carbons (Fsp3) is 0.409. The molecule has 0 fully saturated rings. The maximum atomic E-state index is 12.9. The average molecular weight is 445 g/mol. The van der Waals surface area contributed by atoms with E-state index in [0.717, 1.165) is 0 Å². The summed E-state index contributed by atoms with van der Waals surface area (Å²) in [5, 5.41) is 14.2. The number of nitrogens with one attached hydrogen (secondary N) is 1. The van der Waals surface area contributed by atoms with Gasteiger partial charge in [0.1, 0.15) is 5.56 Å². The van der Waals surface area contributed by atoms with Crippen LogP contribution in [0.3, 0.4) is 0 Å². The molecule has 0 spiro atoms. The van der Waals surface area contributed by atoms with Crippen molar-refractivity contribution < 1.29 is 28.7 Å². The molecule has 1 amide bonds. The third-order valence-electron chi connectivity index (χ3n) is 4.47. The van der Waals surface area contributed by atoms with Gasteiger partial charge in [-0.2, -0.15) is 0 Å². The smallest absolute Gasteiger partial charge is 0.331 e. The number of pyridine rings is 1. The van der Waals surface area contributed by atoms with Crippen LogP contribution in [0.25, 0.3) is 11.1 Å². The van der Waals surface area contributed by atoms with Crippen molar-refractivity contribution in [2.24, 2.45) is 0 Å². The monoisotopic (exact) mass is 445 g/mol. The zero-order valence-electron chi connectivity index (χ0n) is 18.9. The number of hydrogen-bond donors (Lipinski definition) is 1. The zero-order chi connectivity index (χ0) is 24.1. The third kappa shape index (κ3) is 6.24. The van der Waals surface area contributed by atoms with Gasteiger partial charge in [0.05, 0.1) is 30.8 Å². The highest BCUT2D eigenvalue weighted by atomic mass is 16.6. The highest BCUT2D eigenvalue weighted by Gasteiger charge is 2.33. The predicted octanol–water partition coefficient (Wildman–Crippen LogP) is 3.14. The van der Waals surface area contributed by atoms with Crippen molar-refractivity contribution >= 4 is 17.6 Å². The van der Waals surface area contributed by atoms with Gasteiger partial charge in [-0.1, -0.05) is 6.07 Å². The summed E-state index contributed by atoms with van der Waals surface area (Å²) >= 11 is 0. The number of nitro groups is 1. The van der Waals surface area contributed by atoms with Crippen LogP contribution in [0.4, 0.5) is 5.69 Å². The minimum absolute atomic E-state index is 0.197. The Morgan fingerprint density at radius 3 is 2.28 bits per heavy atom. The van der Waals surface area contributed by atoms with Crippen molar-refractivity contribution in [1.29, 1.82) is 0 Å². The lowest BCUT2D eigenvalue weighted by atomic mass is 10.0. The number of esters is 1. The van der Waals surface area contributed by atoms with E-state index in [1.165, 1.54) is 32.5 Å². The second-order valence-corrected chi connectivity index (χ2v) is 7.99. The highest BCUT2D eigenvalue weighted by molar-refractivity contribution is 6.00. The van der Waals surface area contributed by atoms with E-state index >= 15 is 0 Å². The number of amides is 1. The number of carbonyl (C=O) groups is 2. The van der Waals surface area contributed by atoms with Crippen LogP contribution in [0, 0.1) is 10.1 Å². The van der Waals surface area contributed by atoms with Crippen LogP contribution in [0.15, 0.2) is 36.5 Å². The van der Waals surface area contributed by atoms with Crippen molar-refractivity contribution in [3.8, 4) is 17.0 Å². The van der Waals surface area contributed by atoms with E-state index in [1.54, 1.807) is 45.9 Å². The largest absolute Gasteiger partial charge is 0.481 e. The molecule has 10 nitrogen and oxygen atoms in total. The predicted molar refractivity (Wildman–Crippen MR) is 116 cm³/mol. The quantitative estimate of drug-likeness (QED) is 0.373. The maximum absolute atomic E-state index is 12.9. The maximum Gasteiger partial charge on any atom is 0.331 e. The van der Waals surface area contributed by atoms with Gasteiger partial charge in [-0.25, -0.2) is 9.78 Å². The van der Waals surface area contributed by atoms with Crippen molar-refractivity contribution in [3.63, 3.8) is 0 Å². The molecule has 172 valence electrons. The van der Waals surface area contributed by atoms with Gasteiger partial charge >= 0.3 is 5.97 Å². The van der Waals surface area contributed by atoms with E-state index in [4.69, 9.17) is 14.2 Å². The summed E-state index contributed by atoms with van der Waals surface area (Å²) in [7, 11) is 2.67. The fourth-order valence-corrected chi connectivity index (χ4v) is 3.07. The fourth-order valence-electron chi connectivity index (χ4n) is 3.07. The number of aromatic nitrogens is 1. The summed E-state index contributed by atoms with van der Waals surface area (Å²) in [5.41, 5.74) is -0.0880. The molecule has 0 aliphatic carbocycles. The minimum atomic E-state index is -1.16. The first-order chi connectivity index (χ1) is 15.0. The van der Waals surface area contributed by atoms with E-state index in [1.807, 2.05) is 0 Å². The molecule has 2 aromatic rings. The number of rotatable bonds is 8. The Labute approximate surface area is 186 Å². The molecule has 0 saturated carbocycles. The van der Waals surface area contributed by atoms with Crippen molar-refractivity contribution in [1.82, 2.24) is 10.3 Å². The van der Waals surface area contributed by atoms with Gasteiger partial charge in [0.25, 0.3) is 11.6 Å². The molecule has 32 heavy (non-hydrogen) atoms. The number of benzene rings is 1. The van der Waals surface area contributed by atoms with Crippen LogP contribution in [0.1, 0.15) is 38.1 Å². The SMILES string of the molecule is COC(=O)[C@@H](NC(=O)c1ccc(-c2ccc(OC)nc2)cc1[N+](=O)[O-])C(C)OC(C)(C)C. The van der Waals surface area contributed by atoms with Crippen LogP contribution in [-0.4, -0.2) is 53.8 Å². The minimum Gasteiger partial charge on any atom is -0.481 e. The third-order valence-corrected chi connectivity index (χ3v) is 4.47. The Morgan fingerprint density at radius 1 is 1.12 bits per heavy atom. The number of nitro benzene ring substituents is 1. The lowest BCUT2D eigenvalue weighted by Crippen LogP contribution is -2.51. The number of nitrogens with zero attached hydrogens (tertiary/aromatic N) is 2. The Balaban J connectivity index is 2.36. The number of methoxy groups -OCH3 is 2. The molecule has 0 saturated heterocycles. The summed E-state index contributed by atoms with van der Waals surface area (Å²) in [4.78, 5) is 40.3. The molecule has 1 N–H and O–H groups in total. The Kier molecular flexibility index (Phi) is 7.87. The highest BCUT2D eigenvalue weighted by Crippen LogP contribution is 2.28. The molecule has 1 aromatic carbocycles. The van der Waals surface area contributed by atoms with E-state index < -0.39 is 40.2 Å². The molecule has 1 unspecified atom stereocenters. The Bertz CT molecular complexity index is 984. The van der Waals surface area contributed by atoms with E-state index in [0.29, 0.717) is 17.0 Å². The zero-order valence-corrected chi connectivity index (χ0v) is 18.9. The Hall–Kier alpha value is -3.53. The number of carbonyl (C=O) groups excluding carboxylic acids is 2. The molecular weight excluding hydrogens is 418 g/mol. The van der Waals surface area contributed by atoms with Gasteiger partial charge in [-0.15, -0.1) is 0 Å². The van der Waals surface area contributed by atoms with Gasteiger partial charge in [0.15, 0.2) is 6.04 Å². The second-order valence-electron chi connectivity index (χ2n) is 7.99. The molecule has 0 aliphatic heterocycles. The van der Waals surface area contributed by atoms with Gasteiger partial charge in [0, 0.05) is 23.9 Å². The van der Waals surface area contributed by atoms with Crippen molar-refractivity contribution in [2.45, 2.75) is 45.4 Å². The summed E-state index contributed by atoms with van der Waals surface area (Å²) in [5.74, 6) is -1.12. The topological polar surface area (TPSA) is 130 Å². The van der Waals surface area contributed by atoms with E-state index in [-0.39, 0.29) is 5.56 Å². The summed E-state index contributed by atoms with van der Waals surface area (Å²) in [6.45, 7) is 7.02. The lowest BCUT2D eigenvalue weighted by Gasteiger charge is -2.29. The van der Waals surface area contributed by atoms with E-state index in [9.17, 15) is 19.7 Å². The molecule has 0 radical (unpaired) electrons. The first-order valence-electron chi connectivity index (χ1n) is 9.82. The number of hydrogen-bond acceptors (Lipinski definition) is 8. The summed E-state index contributed by atoms with van der Waals surface area (Å²) < 4.78 is 15.6. The molecule has 1 aromatic heterocycles. The van der Waals surface area contributed by atoms with E-state index in [2.05, 4.69) is 10.3 Å². The van der Waals surface area contributed by atoms with Crippen LogP contribution < -0.4 is 10.1 Å². The molecule has 2 rings (SSSR count). The van der Waals surface area contributed by atoms with Gasteiger partial charge < -0.3 is 19.5 Å². The molecule has 2 atom stereocenters. The van der Waals surface area contributed by atoms with Crippen LogP contribution in [0.2, 0.25) is 0 Å². The molecular formula is C22H27N3O7. The van der Waals surface area contributed by atoms with Crippen LogP contribution >= 0.6 is 0 Å². The first kappa shape index (κ1) is 24.7. The summed E-state index contributed by atoms with van der Waals surface area (Å²) in [6, 6.07) is 6.34.